The zero-order valence-electron chi connectivity index (χ0n) is 17.8. The van der Waals surface area contributed by atoms with Crippen LogP contribution in [0.5, 0.6) is 11.5 Å². The molecule has 1 unspecified atom stereocenters. The van der Waals surface area contributed by atoms with Gasteiger partial charge in [0.15, 0.2) is 17.3 Å². The van der Waals surface area contributed by atoms with Crippen molar-refractivity contribution in [1.29, 1.82) is 0 Å². The van der Waals surface area contributed by atoms with E-state index in [4.69, 9.17) is 0 Å². The summed E-state index contributed by atoms with van der Waals surface area (Å²) in [5.74, 6) is -3.06. The van der Waals surface area contributed by atoms with Crippen LogP contribution in [0.1, 0.15) is 58.5 Å². The van der Waals surface area contributed by atoms with Crippen molar-refractivity contribution in [3.63, 3.8) is 0 Å². The van der Waals surface area contributed by atoms with Crippen LogP contribution < -0.4 is 0 Å². The number of hydrogen-bond donors (Lipinski definition) is 3. The smallest absolute Gasteiger partial charge is 0.184 e. The molecular weight excluding hydrogens is 396 g/mol. The lowest BCUT2D eigenvalue weighted by Gasteiger charge is -2.38. The minimum Gasteiger partial charge on any atom is -0.507 e. The van der Waals surface area contributed by atoms with E-state index < -0.39 is 52.4 Å². The normalized spacial score (nSPS) is 19.0. The number of allylic oxidation sites excluding steroid dienone is 1. The number of hydrogen-bond acceptors (Lipinski definition) is 6. The molecule has 0 amide bonds. The number of aromatic hydroxyl groups is 2. The molecule has 1 aliphatic carbocycles. The maximum absolute atomic E-state index is 13.6. The molecule has 0 saturated carbocycles. The van der Waals surface area contributed by atoms with Crippen molar-refractivity contribution in [1.82, 2.24) is 0 Å². The highest BCUT2D eigenvalue weighted by atomic mass is 16.3. The summed E-state index contributed by atoms with van der Waals surface area (Å²) in [5, 5.41) is 31.5. The van der Waals surface area contributed by atoms with Crippen LogP contribution in [0.3, 0.4) is 0 Å². The van der Waals surface area contributed by atoms with Crippen LogP contribution in [-0.2, 0) is 11.2 Å². The predicted molar refractivity (Wildman–Crippen MR) is 115 cm³/mol. The number of fused-ring (bicyclic) bond motifs is 1. The molecule has 3 N–H and O–H groups in total. The van der Waals surface area contributed by atoms with Crippen molar-refractivity contribution in [3.8, 4) is 11.5 Å². The summed E-state index contributed by atoms with van der Waals surface area (Å²) in [7, 11) is 0. The van der Waals surface area contributed by atoms with Crippen LogP contribution >= 0.6 is 0 Å². The average molecular weight is 422 g/mol. The highest BCUT2D eigenvalue weighted by Gasteiger charge is 2.56. The highest BCUT2D eigenvalue weighted by molar-refractivity contribution is 6.26. The largest absolute Gasteiger partial charge is 0.507 e. The topological polar surface area (TPSA) is 112 Å². The average Bonchev–Trinajstić information content (AvgIpc) is 2.72. The van der Waals surface area contributed by atoms with Gasteiger partial charge in [-0.1, -0.05) is 41.5 Å². The van der Waals surface area contributed by atoms with Gasteiger partial charge in [-0.3, -0.25) is 14.4 Å². The summed E-state index contributed by atoms with van der Waals surface area (Å²) in [6.45, 7) is 5.55. The molecule has 0 radical (unpaired) electrons. The van der Waals surface area contributed by atoms with Gasteiger partial charge in [-0.15, -0.1) is 0 Å². The molecule has 6 heteroatoms. The molecule has 1 aliphatic rings. The minimum atomic E-state index is -2.05. The Hall–Kier alpha value is -3.25. The number of carbonyl (C=O) groups is 3. The van der Waals surface area contributed by atoms with Gasteiger partial charge >= 0.3 is 0 Å². The molecule has 0 aliphatic heterocycles. The number of phenolic OH excluding ortho intramolecular Hbond substituents is 2. The molecule has 2 aromatic rings. The fourth-order valence-corrected chi connectivity index (χ4v) is 4.02. The van der Waals surface area contributed by atoms with Crippen molar-refractivity contribution in [2.45, 2.75) is 46.1 Å². The zero-order chi connectivity index (χ0) is 22.9. The number of aliphatic hydroxyl groups excluding tert-OH is 1. The molecule has 0 fully saturated rings. The molecule has 0 bridgehead atoms. The Morgan fingerprint density at radius 2 is 1.61 bits per heavy atom. The number of carbonyl (C=O) groups excluding carboxylic acids is 3. The second-order valence-electron chi connectivity index (χ2n) is 8.37. The van der Waals surface area contributed by atoms with Crippen molar-refractivity contribution in [2.75, 3.05) is 0 Å². The molecule has 0 heterocycles. The lowest BCUT2D eigenvalue weighted by molar-refractivity contribution is -0.131. The molecule has 2 atom stereocenters. The van der Waals surface area contributed by atoms with Crippen LogP contribution in [0.15, 0.2) is 48.0 Å². The van der Waals surface area contributed by atoms with Gasteiger partial charge in [-0.05, 0) is 44.9 Å². The standard InChI is InChI=1S/C25H26O6/c1-14(2)4-11-20(29)25(21(30)12-16-7-5-15(3)6-8-16)13-19(28)22-17(26)9-10-18(27)23(22)24(25)31/h4-10,20,26-27,29H,11-13H2,1-3H3/t20-,25?/m1/s1. The van der Waals surface area contributed by atoms with Crippen LogP contribution in [0.2, 0.25) is 0 Å². The molecule has 0 spiro atoms. The van der Waals surface area contributed by atoms with E-state index in [0.29, 0.717) is 5.56 Å². The molecule has 162 valence electrons. The van der Waals surface area contributed by atoms with Crippen molar-refractivity contribution >= 4 is 17.3 Å². The van der Waals surface area contributed by atoms with Crippen LogP contribution in [0.4, 0.5) is 0 Å². The van der Waals surface area contributed by atoms with Gasteiger partial charge in [-0.2, -0.15) is 0 Å². The molecule has 2 aromatic carbocycles. The van der Waals surface area contributed by atoms with Crippen LogP contribution in [-0.4, -0.2) is 38.8 Å². The summed E-state index contributed by atoms with van der Waals surface area (Å²) in [5.41, 5.74) is -0.228. The molecule has 31 heavy (non-hydrogen) atoms. The molecular formula is C25H26O6. The number of benzene rings is 2. The number of phenols is 2. The third-order valence-electron chi connectivity index (χ3n) is 5.81. The van der Waals surface area contributed by atoms with Crippen LogP contribution in [0, 0.1) is 12.3 Å². The number of ketones is 3. The molecule has 0 aromatic heterocycles. The monoisotopic (exact) mass is 422 g/mol. The van der Waals surface area contributed by atoms with E-state index in [1.54, 1.807) is 18.2 Å². The number of aryl methyl sites for hydroxylation is 1. The maximum atomic E-state index is 13.6. The first kappa shape index (κ1) is 22.4. The number of rotatable bonds is 6. The second-order valence-corrected chi connectivity index (χ2v) is 8.37. The lowest BCUT2D eigenvalue weighted by atomic mass is 9.62. The van der Waals surface area contributed by atoms with Crippen molar-refractivity contribution < 1.29 is 29.7 Å². The van der Waals surface area contributed by atoms with Gasteiger partial charge in [-0.25, -0.2) is 0 Å². The first-order chi connectivity index (χ1) is 14.6. The Labute approximate surface area is 180 Å². The Balaban J connectivity index is 2.14. The van der Waals surface area contributed by atoms with Gasteiger partial charge in [0.1, 0.15) is 16.9 Å². The lowest BCUT2D eigenvalue weighted by Crippen LogP contribution is -2.53. The van der Waals surface area contributed by atoms with E-state index in [1.807, 2.05) is 32.9 Å². The van der Waals surface area contributed by atoms with E-state index in [-0.39, 0.29) is 18.4 Å². The minimum absolute atomic E-state index is 0.00407. The summed E-state index contributed by atoms with van der Waals surface area (Å²) in [6.07, 6.45) is -0.498. The SMILES string of the molecule is CC(C)=CC[C@@H](O)C1(C(=O)Cc2ccc(C)cc2)CC(=O)c2c(O)ccc(O)c2C1=O. The molecule has 3 rings (SSSR count). The van der Waals surface area contributed by atoms with E-state index in [9.17, 15) is 29.7 Å². The summed E-state index contributed by atoms with van der Waals surface area (Å²) in [4.78, 5) is 40.1. The van der Waals surface area contributed by atoms with Gasteiger partial charge in [0.25, 0.3) is 0 Å². The summed E-state index contributed by atoms with van der Waals surface area (Å²) < 4.78 is 0. The molecule has 6 nitrogen and oxygen atoms in total. The zero-order valence-corrected chi connectivity index (χ0v) is 17.8. The van der Waals surface area contributed by atoms with Gasteiger partial charge in [0.2, 0.25) is 0 Å². The van der Waals surface area contributed by atoms with Gasteiger partial charge < -0.3 is 15.3 Å². The predicted octanol–water partition coefficient (Wildman–Crippen LogP) is 3.69. The third kappa shape index (κ3) is 4.03. The van der Waals surface area contributed by atoms with E-state index in [2.05, 4.69) is 0 Å². The maximum Gasteiger partial charge on any atom is 0.184 e. The highest BCUT2D eigenvalue weighted by Crippen LogP contribution is 2.46. The van der Waals surface area contributed by atoms with Crippen LogP contribution in [0.25, 0.3) is 0 Å². The van der Waals surface area contributed by atoms with E-state index >= 15 is 0 Å². The Kier molecular flexibility index (Phi) is 6.13. The fourth-order valence-electron chi connectivity index (χ4n) is 4.02. The fraction of sp³-hybridized carbons (Fsp3) is 0.320. The van der Waals surface area contributed by atoms with Crippen molar-refractivity contribution in [3.05, 3.63) is 70.3 Å². The van der Waals surface area contributed by atoms with Gasteiger partial charge in [0.05, 0.1) is 17.2 Å². The quantitative estimate of drug-likeness (QED) is 0.372. The third-order valence-corrected chi connectivity index (χ3v) is 5.81. The van der Waals surface area contributed by atoms with E-state index in [0.717, 1.165) is 23.3 Å². The van der Waals surface area contributed by atoms with Gasteiger partial charge in [0, 0.05) is 12.8 Å². The van der Waals surface area contributed by atoms with Crippen molar-refractivity contribution in [2.24, 2.45) is 5.41 Å². The number of Topliss-reactive ketones (excluding diaryl/α,β-unsaturated/α-hetero) is 3. The summed E-state index contributed by atoms with van der Waals surface area (Å²) >= 11 is 0. The molecule has 0 saturated heterocycles. The Morgan fingerprint density at radius 1 is 1.03 bits per heavy atom. The summed E-state index contributed by atoms with van der Waals surface area (Å²) in [6, 6.07) is 9.41. The second kappa shape index (κ2) is 8.47. The first-order valence-corrected chi connectivity index (χ1v) is 10.1. The Morgan fingerprint density at radius 3 is 2.19 bits per heavy atom. The number of aliphatic hydroxyl groups is 1. The Bertz CT molecular complexity index is 1080. The first-order valence-electron chi connectivity index (χ1n) is 10.1. The van der Waals surface area contributed by atoms with E-state index in [1.165, 1.54) is 0 Å².